The Morgan fingerprint density at radius 2 is 1.42 bits per heavy atom. The van der Waals surface area contributed by atoms with Crippen molar-refractivity contribution >= 4 is 40.8 Å². The van der Waals surface area contributed by atoms with E-state index in [1.54, 1.807) is 0 Å². The van der Waals surface area contributed by atoms with Crippen molar-refractivity contribution in [1.82, 2.24) is 19.8 Å². The summed E-state index contributed by atoms with van der Waals surface area (Å²) < 4.78 is 77.3. The third-order valence-corrected chi connectivity index (χ3v) is 12.3. The lowest BCUT2D eigenvalue weighted by atomic mass is 9.94. The van der Waals surface area contributed by atoms with Gasteiger partial charge in [-0.2, -0.15) is 13.2 Å². The van der Waals surface area contributed by atoms with Crippen LogP contribution >= 0.6 is 0 Å². The number of anilines is 4. The molecule has 3 aromatic carbocycles. The highest BCUT2D eigenvalue weighted by atomic mass is 19.4. The highest BCUT2D eigenvalue weighted by Crippen LogP contribution is 2.38. The molecule has 3 aliphatic heterocycles. The van der Waals surface area contributed by atoms with Gasteiger partial charge in [0.05, 0.1) is 28.9 Å². The molecule has 0 radical (unpaired) electrons. The van der Waals surface area contributed by atoms with Gasteiger partial charge in [0.2, 0.25) is 11.9 Å². The van der Waals surface area contributed by atoms with E-state index in [1.165, 1.54) is 24.5 Å². The Bertz CT molecular complexity index is 2310. The lowest BCUT2D eigenvalue weighted by molar-refractivity contribution is -0.154. The van der Waals surface area contributed by atoms with Crippen LogP contribution in [-0.2, 0) is 26.9 Å². The zero-order chi connectivity index (χ0) is 46.1. The lowest BCUT2D eigenvalue weighted by Gasteiger charge is -2.44. The van der Waals surface area contributed by atoms with Crippen LogP contribution in [0, 0.1) is 17.6 Å². The van der Waals surface area contributed by atoms with Crippen molar-refractivity contribution in [3.05, 3.63) is 95.3 Å². The average Bonchev–Trinajstić information content (AvgIpc) is 3.25. The van der Waals surface area contributed by atoms with Gasteiger partial charge in [-0.25, -0.2) is 18.7 Å². The van der Waals surface area contributed by atoms with Gasteiger partial charge in [0, 0.05) is 99.6 Å². The predicted octanol–water partition coefficient (Wildman–Crippen LogP) is 7.67. The van der Waals surface area contributed by atoms with Crippen molar-refractivity contribution in [3.8, 4) is 11.1 Å². The number of carbonyl (C=O) groups excluding carboxylic acids is 3. The Morgan fingerprint density at radius 3 is 2.02 bits per heavy atom. The summed E-state index contributed by atoms with van der Waals surface area (Å²) in [5.41, 5.74) is -0.154. The minimum Gasteiger partial charge on any atom is -0.460 e. The van der Waals surface area contributed by atoms with E-state index >= 15 is 4.39 Å². The summed E-state index contributed by atoms with van der Waals surface area (Å²) in [6.07, 6.45) is -0.449. The largest absolute Gasteiger partial charge is 0.460 e. The highest BCUT2D eigenvalue weighted by molar-refractivity contribution is 6.07. The number of rotatable bonds is 9. The first kappa shape index (κ1) is 46.2. The van der Waals surface area contributed by atoms with Gasteiger partial charge in [-0.15, -0.1) is 0 Å². The van der Waals surface area contributed by atoms with Gasteiger partial charge in [0.15, 0.2) is 0 Å². The molecule has 0 saturated carbocycles. The Morgan fingerprint density at radius 1 is 0.797 bits per heavy atom. The van der Waals surface area contributed by atoms with Crippen molar-refractivity contribution in [2.45, 2.75) is 77.7 Å². The van der Waals surface area contributed by atoms with Crippen LogP contribution in [0.3, 0.4) is 0 Å². The van der Waals surface area contributed by atoms with Crippen LogP contribution < -0.4 is 20.0 Å². The van der Waals surface area contributed by atoms with E-state index in [-0.39, 0.29) is 64.9 Å². The normalized spacial score (nSPS) is 19.2. The topological polar surface area (TPSA) is 114 Å². The molecule has 0 spiro atoms. The minimum absolute atomic E-state index is 0.0210. The molecule has 1 aromatic heterocycles. The number of ether oxygens (including phenoxy) is 1. The van der Waals surface area contributed by atoms with Gasteiger partial charge >= 0.3 is 12.1 Å². The number of aromatic nitrogens is 2. The van der Waals surface area contributed by atoms with Crippen molar-refractivity contribution in [2.24, 2.45) is 5.92 Å². The van der Waals surface area contributed by atoms with Crippen LogP contribution in [0.15, 0.2) is 67.0 Å². The Kier molecular flexibility index (Phi) is 13.5. The third kappa shape index (κ3) is 10.7. The second-order valence-corrected chi connectivity index (χ2v) is 18.0. The predicted molar refractivity (Wildman–Crippen MR) is 235 cm³/mol. The first-order chi connectivity index (χ1) is 30.2. The van der Waals surface area contributed by atoms with Gasteiger partial charge in [0.25, 0.3) is 5.91 Å². The van der Waals surface area contributed by atoms with Gasteiger partial charge in [-0.1, -0.05) is 12.1 Å². The van der Waals surface area contributed by atoms with Crippen LogP contribution in [0.1, 0.15) is 68.9 Å². The van der Waals surface area contributed by atoms with Crippen molar-refractivity contribution in [2.75, 3.05) is 79.4 Å². The summed E-state index contributed by atoms with van der Waals surface area (Å²) in [6, 6.07) is 12.4. The molecule has 17 heteroatoms. The van der Waals surface area contributed by atoms with Crippen molar-refractivity contribution in [3.63, 3.8) is 0 Å². The third-order valence-electron chi connectivity index (χ3n) is 12.3. The highest BCUT2D eigenvalue weighted by Gasteiger charge is 2.37. The second kappa shape index (κ2) is 18.7. The number of nitrogens with zero attached hydrogens (tertiary/aromatic N) is 7. The van der Waals surface area contributed by atoms with Crippen molar-refractivity contribution in [1.29, 1.82) is 0 Å². The smallest absolute Gasteiger partial charge is 0.417 e. The number of likely N-dealkylation sites (N-methyl/N-ethyl adjacent to an activating group) is 1. The molecule has 3 fully saturated rings. The number of alkyl halides is 3. The van der Waals surface area contributed by atoms with E-state index in [4.69, 9.17) is 4.74 Å². The number of nitrogens with one attached hydrogen (secondary N) is 1. The quantitative estimate of drug-likeness (QED) is 0.133. The monoisotopic (exact) mass is 890 g/mol. The molecule has 3 saturated heterocycles. The van der Waals surface area contributed by atoms with E-state index in [0.29, 0.717) is 45.2 Å². The van der Waals surface area contributed by atoms with Gasteiger partial charge < -0.3 is 29.7 Å². The number of benzene rings is 3. The number of piperazine rings is 2. The summed E-state index contributed by atoms with van der Waals surface area (Å²) in [7, 11) is 1.97. The maximum absolute atomic E-state index is 16.1. The Hall–Kier alpha value is -5.84. The summed E-state index contributed by atoms with van der Waals surface area (Å²) in [4.78, 5) is 58.6. The number of piperidine rings is 1. The fourth-order valence-electron chi connectivity index (χ4n) is 8.65. The summed E-state index contributed by atoms with van der Waals surface area (Å²) >= 11 is 0. The van der Waals surface area contributed by atoms with Crippen LogP contribution in [0.4, 0.5) is 45.0 Å². The minimum atomic E-state index is -5.00. The van der Waals surface area contributed by atoms with Crippen LogP contribution in [0.25, 0.3) is 11.1 Å². The van der Waals surface area contributed by atoms with Gasteiger partial charge in [0.1, 0.15) is 17.2 Å². The maximum atomic E-state index is 16.1. The zero-order valence-corrected chi connectivity index (χ0v) is 37.0. The van der Waals surface area contributed by atoms with Crippen molar-refractivity contribution < 1.29 is 41.1 Å². The fourth-order valence-corrected chi connectivity index (χ4v) is 8.65. The van der Waals surface area contributed by atoms with E-state index in [1.807, 2.05) is 80.6 Å². The number of amides is 2. The first-order valence-corrected chi connectivity index (χ1v) is 21.6. The average molecular weight is 891 g/mol. The van der Waals surface area contributed by atoms with E-state index in [9.17, 15) is 31.9 Å². The van der Waals surface area contributed by atoms with E-state index in [2.05, 4.69) is 25.1 Å². The SMILES string of the molecule is C[C@@H]1CN(c2cc(F)c(-c3cnc(N4CCN(C(=O)C5CCN(c6ccc(CC(=O)OC(C)(C)C)cc6)CC5)CC4)nc3)cc2NC(=O)c2ccc(F)cc2C(F)(F)F)C[C@H](C)N1C. The Labute approximate surface area is 370 Å². The summed E-state index contributed by atoms with van der Waals surface area (Å²) in [5.74, 6) is -2.76. The molecule has 0 unspecified atom stereocenters. The van der Waals surface area contributed by atoms with Crippen LogP contribution in [0.2, 0.25) is 0 Å². The fraction of sp³-hybridized carbons (Fsp3) is 0.468. The first-order valence-electron chi connectivity index (χ1n) is 21.6. The summed E-state index contributed by atoms with van der Waals surface area (Å²) in [5, 5.41) is 2.58. The number of halogens is 5. The Balaban J connectivity index is 0.989. The van der Waals surface area contributed by atoms with Crippen LogP contribution in [0.5, 0.6) is 0 Å². The standard InChI is InChI=1S/C47H55F5N8O4/c1-29-27-60(28-30(2)56(29)6)41-24-39(49)37(23-40(41)55-43(62)36-12-9-34(48)22-38(36)47(50,51)52)33-25-53-45(54-26-33)59-19-17-58(18-20-59)44(63)32-13-15-57(16-14-32)35-10-7-31(8-11-35)21-42(61)64-46(3,4)5/h7-12,22-26,29-30,32H,13-21,27-28H2,1-6H3,(H,55,62)/t29-,30+. The molecule has 4 heterocycles. The molecule has 64 heavy (non-hydrogen) atoms. The number of carbonyl (C=O) groups is 3. The molecule has 2 amide bonds. The number of hydrogen-bond acceptors (Lipinski definition) is 10. The second-order valence-electron chi connectivity index (χ2n) is 18.0. The molecule has 4 aromatic rings. The molecule has 342 valence electrons. The van der Waals surface area contributed by atoms with E-state index in [0.717, 1.165) is 49.3 Å². The molecular formula is C47H55F5N8O4. The summed E-state index contributed by atoms with van der Waals surface area (Å²) in [6.45, 7) is 13.9. The molecule has 3 aliphatic rings. The molecule has 1 N–H and O–H groups in total. The molecular weight excluding hydrogens is 836 g/mol. The van der Waals surface area contributed by atoms with E-state index < -0.39 is 40.4 Å². The number of hydrogen-bond donors (Lipinski definition) is 1. The molecule has 2 atom stereocenters. The molecule has 7 rings (SSSR count). The number of esters is 1. The van der Waals surface area contributed by atoms with Gasteiger partial charge in [-0.05, 0) is 103 Å². The maximum Gasteiger partial charge on any atom is 0.417 e. The molecule has 0 bridgehead atoms. The zero-order valence-electron chi connectivity index (χ0n) is 37.0. The molecule has 0 aliphatic carbocycles. The van der Waals surface area contributed by atoms with Crippen LogP contribution in [-0.4, -0.2) is 115 Å². The van der Waals surface area contributed by atoms with Gasteiger partial charge in [-0.3, -0.25) is 19.3 Å². The lowest BCUT2D eigenvalue weighted by Crippen LogP contribution is -2.55. The molecule has 12 nitrogen and oxygen atoms in total.